The molecule has 0 radical (unpaired) electrons. The molecule has 20 heavy (non-hydrogen) atoms. The van der Waals surface area contributed by atoms with E-state index in [9.17, 15) is 4.39 Å². The molecule has 1 heterocycles. The molecule has 3 aromatic rings. The van der Waals surface area contributed by atoms with Crippen molar-refractivity contribution in [3.63, 3.8) is 0 Å². The van der Waals surface area contributed by atoms with Crippen molar-refractivity contribution in [3.8, 4) is 11.4 Å². The van der Waals surface area contributed by atoms with Gasteiger partial charge in [-0.2, -0.15) is 0 Å². The van der Waals surface area contributed by atoms with Crippen LogP contribution in [0.15, 0.2) is 42.5 Å². The zero-order valence-corrected chi connectivity index (χ0v) is 11.4. The molecule has 102 valence electrons. The van der Waals surface area contributed by atoms with Gasteiger partial charge in [-0.05, 0) is 55.8 Å². The minimum absolute atomic E-state index is 0.253. The number of nitrogens with zero attached hydrogens (tertiary/aromatic N) is 1. The van der Waals surface area contributed by atoms with Gasteiger partial charge in [0.25, 0.3) is 0 Å². The predicted molar refractivity (Wildman–Crippen MR) is 78.7 cm³/mol. The lowest BCUT2D eigenvalue weighted by molar-refractivity contribution is 0.555. The maximum absolute atomic E-state index is 12.9. The van der Waals surface area contributed by atoms with E-state index >= 15 is 0 Å². The molecule has 2 aromatic carbocycles. The highest BCUT2D eigenvalue weighted by molar-refractivity contribution is 5.80. The van der Waals surface area contributed by atoms with E-state index in [1.807, 2.05) is 32.0 Å². The number of rotatable bonds is 2. The molecule has 0 bridgehead atoms. The summed E-state index contributed by atoms with van der Waals surface area (Å²) in [5.74, 6) is 0.476. The number of aromatic nitrogens is 2. The van der Waals surface area contributed by atoms with Crippen molar-refractivity contribution in [2.45, 2.75) is 19.4 Å². The molecule has 0 atom stereocenters. The molecule has 0 spiro atoms. The van der Waals surface area contributed by atoms with Gasteiger partial charge in [0.2, 0.25) is 0 Å². The van der Waals surface area contributed by atoms with Gasteiger partial charge in [-0.3, -0.25) is 0 Å². The third kappa shape index (κ3) is 2.30. The normalized spacial score (nSPS) is 12.0. The quantitative estimate of drug-likeness (QED) is 0.747. The monoisotopic (exact) mass is 269 g/mol. The number of fused-ring (bicyclic) bond motifs is 1. The average molecular weight is 269 g/mol. The standard InChI is InChI=1S/C16H16FN3/c1-16(2,18)11-5-8-13-14(9-11)20-15(19-13)10-3-6-12(17)7-4-10/h3-9H,18H2,1-2H3,(H,19,20). The van der Waals surface area contributed by atoms with E-state index in [0.717, 1.165) is 28.0 Å². The molecule has 3 rings (SSSR count). The summed E-state index contributed by atoms with van der Waals surface area (Å²) in [5.41, 5.74) is 9.41. The number of hydrogen-bond donors (Lipinski definition) is 2. The van der Waals surface area contributed by atoms with Crippen molar-refractivity contribution in [2.24, 2.45) is 5.73 Å². The van der Waals surface area contributed by atoms with E-state index in [0.29, 0.717) is 0 Å². The number of imidazole rings is 1. The Morgan fingerprint density at radius 1 is 1.10 bits per heavy atom. The summed E-state index contributed by atoms with van der Waals surface area (Å²) < 4.78 is 12.9. The van der Waals surface area contributed by atoms with Crippen molar-refractivity contribution < 1.29 is 4.39 Å². The highest BCUT2D eigenvalue weighted by Gasteiger charge is 2.15. The number of hydrogen-bond acceptors (Lipinski definition) is 2. The molecule has 0 aliphatic carbocycles. The van der Waals surface area contributed by atoms with Gasteiger partial charge in [0.1, 0.15) is 11.6 Å². The number of benzene rings is 2. The van der Waals surface area contributed by atoms with Gasteiger partial charge in [0.05, 0.1) is 11.0 Å². The summed E-state index contributed by atoms with van der Waals surface area (Å²) in [4.78, 5) is 7.77. The highest BCUT2D eigenvalue weighted by atomic mass is 19.1. The lowest BCUT2D eigenvalue weighted by Gasteiger charge is -2.18. The van der Waals surface area contributed by atoms with Crippen LogP contribution in [0, 0.1) is 5.82 Å². The first-order chi connectivity index (χ1) is 9.43. The zero-order chi connectivity index (χ0) is 14.3. The van der Waals surface area contributed by atoms with Crippen molar-refractivity contribution in [2.75, 3.05) is 0 Å². The number of nitrogens with two attached hydrogens (primary N) is 1. The van der Waals surface area contributed by atoms with Gasteiger partial charge >= 0.3 is 0 Å². The van der Waals surface area contributed by atoms with Gasteiger partial charge in [0.15, 0.2) is 0 Å². The minimum atomic E-state index is -0.394. The molecule has 0 unspecified atom stereocenters. The Balaban J connectivity index is 2.09. The fourth-order valence-electron chi connectivity index (χ4n) is 2.15. The Morgan fingerprint density at radius 3 is 2.45 bits per heavy atom. The third-order valence-electron chi connectivity index (χ3n) is 3.34. The molecule has 0 saturated heterocycles. The third-order valence-corrected chi connectivity index (χ3v) is 3.34. The van der Waals surface area contributed by atoms with E-state index in [-0.39, 0.29) is 5.82 Å². The average Bonchev–Trinajstić information content (AvgIpc) is 2.81. The van der Waals surface area contributed by atoms with Crippen LogP contribution in [0.4, 0.5) is 4.39 Å². The number of H-pyrrole nitrogens is 1. The van der Waals surface area contributed by atoms with Gasteiger partial charge < -0.3 is 10.7 Å². The second kappa shape index (κ2) is 4.42. The minimum Gasteiger partial charge on any atom is -0.338 e. The van der Waals surface area contributed by atoms with Crippen LogP contribution >= 0.6 is 0 Å². The Morgan fingerprint density at radius 2 is 1.80 bits per heavy atom. The highest BCUT2D eigenvalue weighted by Crippen LogP contribution is 2.24. The van der Waals surface area contributed by atoms with Gasteiger partial charge in [-0.25, -0.2) is 9.37 Å². The second-order valence-corrected chi connectivity index (χ2v) is 5.55. The summed E-state index contributed by atoms with van der Waals surface area (Å²) in [5, 5.41) is 0. The number of aromatic amines is 1. The number of nitrogens with one attached hydrogen (secondary N) is 1. The largest absolute Gasteiger partial charge is 0.338 e. The Bertz CT molecular complexity index is 751. The van der Waals surface area contributed by atoms with E-state index in [1.165, 1.54) is 12.1 Å². The first-order valence-electron chi connectivity index (χ1n) is 6.48. The van der Waals surface area contributed by atoms with Crippen molar-refractivity contribution in [1.82, 2.24) is 9.97 Å². The molecule has 1 aromatic heterocycles. The second-order valence-electron chi connectivity index (χ2n) is 5.55. The fraction of sp³-hybridized carbons (Fsp3) is 0.188. The molecular weight excluding hydrogens is 253 g/mol. The van der Waals surface area contributed by atoms with Crippen molar-refractivity contribution in [3.05, 3.63) is 53.8 Å². The molecule has 0 saturated carbocycles. The molecular formula is C16H16FN3. The lowest BCUT2D eigenvalue weighted by Crippen LogP contribution is -2.28. The molecule has 0 amide bonds. The van der Waals surface area contributed by atoms with Gasteiger partial charge in [-0.15, -0.1) is 0 Å². The number of halogens is 1. The summed E-state index contributed by atoms with van der Waals surface area (Å²) in [6.07, 6.45) is 0. The SMILES string of the molecule is CC(C)(N)c1ccc2nc(-c3ccc(F)cc3)[nH]c2c1. The van der Waals surface area contributed by atoms with Crippen molar-refractivity contribution >= 4 is 11.0 Å². The van der Waals surface area contributed by atoms with Crippen LogP contribution in [0.2, 0.25) is 0 Å². The van der Waals surface area contributed by atoms with Crippen LogP contribution in [-0.2, 0) is 5.54 Å². The van der Waals surface area contributed by atoms with Gasteiger partial charge in [0, 0.05) is 11.1 Å². The molecule has 0 aliphatic rings. The van der Waals surface area contributed by atoms with Crippen LogP contribution in [-0.4, -0.2) is 9.97 Å². The summed E-state index contributed by atoms with van der Waals surface area (Å²) in [6, 6.07) is 12.2. The van der Waals surface area contributed by atoms with Crippen LogP contribution in [0.3, 0.4) is 0 Å². The summed E-state index contributed by atoms with van der Waals surface area (Å²) in [7, 11) is 0. The van der Waals surface area contributed by atoms with Crippen LogP contribution in [0.5, 0.6) is 0 Å². The molecule has 0 fully saturated rings. The van der Waals surface area contributed by atoms with Crippen LogP contribution in [0.25, 0.3) is 22.4 Å². The first-order valence-corrected chi connectivity index (χ1v) is 6.48. The predicted octanol–water partition coefficient (Wildman–Crippen LogP) is 3.56. The molecule has 3 N–H and O–H groups in total. The Hall–Kier alpha value is -2.20. The van der Waals surface area contributed by atoms with Crippen LogP contribution in [0.1, 0.15) is 19.4 Å². The van der Waals surface area contributed by atoms with E-state index in [4.69, 9.17) is 5.73 Å². The van der Waals surface area contributed by atoms with Crippen LogP contribution < -0.4 is 5.73 Å². The summed E-state index contributed by atoms with van der Waals surface area (Å²) in [6.45, 7) is 3.93. The fourth-order valence-corrected chi connectivity index (χ4v) is 2.15. The lowest BCUT2D eigenvalue weighted by atomic mass is 9.95. The maximum atomic E-state index is 12.9. The van der Waals surface area contributed by atoms with E-state index < -0.39 is 5.54 Å². The summed E-state index contributed by atoms with van der Waals surface area (Å²) >= 11 is 0. The van der Waals surface area contributed by atoms with E-state index in [2.05, 4.69) is 9.97 Å². The topological polar surface area (TPSA) is 54.7 Å². The first kappa shape index (κ1) is 12.8. The zero-order valence-electron chi connectivity index (χ0n) is 11.4. The van der Waals surface area contributed by atoms with Crippen molar-refractivity contribution in [1.29, 1.82) is 0 Å². The van der Waals surface area contributed by atoms with Gasteiger partial charge in [-0.1, -0.05) is 6.07 Å². The Kier molecular flexibility index (Phi) is 2.83. The smallest absolute Gasteiger partial charge is 0.138 e. The van der Waals surface area contributed by atoms with E-state index in [1.54, 1.807) is 12.1 Å². The maximum Gasteiger partial charge on any atom is 0.138 e. The Labute approximate surface area is 116 Å². The molecule has 4 heteroatoms. The molecule has 3 nitrogen and oxygen atoms in total. The molecule has 0 aliphatic heterocycles.